The third-order valence-corrected chi connectivity index (χ3v) is 6.57. The second-order valence-corrected chi connectivity index (χ2v) is 8.79. The van der Waals surface area contributed by atoms with Crippen molar-refractivity contribution in [1.29, 1.82) is 5.26 Å². The van der Waals surface area contributed by atoms with Gasteiger partial charge in [0.15, 0.2) is 5.58 Å². The van der Waals surface area contributed by atoms with Crippen LogP contribution in [0, 0.1) is 18.3 Å². The van der Waals surface area contributed by atoms with Gasteiger partial charge >= 0.3 is 0 Å². The monoisotopic (exact) mass is 417 g/mol. The van der Waals surface area contributed by atoms with Crippen LogP contribution in [0.4, 0.5) is 11.7 Å². The first-order valence-electron chi connectivity index (χ1n) is 10.7. The van der Waals surface area contributed by atoms with E-state index in [1.54, 1.807) is 0 Å². The number of benzene rings is 2. The van der Waals surface area contributed by atoms with Gasteiger partial charge in [-0.05, 0) is 38.6 Å². The number of hydrogen-bond acceptors (Lipinski definition) is 7. The fourth-order valence-electron chi connectivity index (χ4n) is 4.74. The Hall–Kier alpha value is -3.08. The lowest BCUT2D eigenvalue weighted by Crippen LogP contribution is -2.51. The Labute approximate surface area is 182 Å². The molecule has 3 aromatic rings. The van der Waals surface area contributed by atoms with E-state index in [4.69, 9.17) is 9.40 Å². The number of rotatable bonds is 4. The normalized spacial score (nSPS) is 19.3. The smallest absolute Gasteiger partial charge is 0.298 e. The van der Waals surface area contributed by atoms with Crippen molar-refractivity contribution in [3.63, 3.8) is 0 Å². The minimum absolute atomic E-state index is 0.356. The Kier molecular flexibility index (Phi) is 4.84. The van der Waals surface area contributed by atoms with Crippen LogP contribution in [0.2, 0.25) is 0 Å². The predicted molar refractivity (Wildman–Crippen MR) is 121 cm³/mol. The molecule has 1 N–H and O–H groups in total. The molecule has 0 aliphatic carbocycles. The molecule has 1 atom stereocenters. The number of oxazole rings is 1. The van der Waals surface area contributed by atoms with E-state index in [1.807, 2.05) is 30.0 Å². The zero-order valence-electron chi connectivity index (χ0n) is 18.2. The number of β-amino-alcohol motifs (C(OH)–C–C–N with tert-alkyl or cyclic N) is 1. The molecule has 31 heavy (non-hydrogen) atoms. The van der Waals surface area contributed by atoms with E-state index in [-0.39, 0.29) is 6.10 Å². The number of aromatic nitrogens is 1. The highest BCUT2D eigenvalue weighted by Crippen LogP contribution is 2.45. The van der Waals surface area contributed by atoms with E-state index in [0.29, 0.717) is 41.8 Å². The molecule has 0 spiro atoms. The SMILES string of the molecule is Cc1c(-c2ccccc2)c(N2CC[C@H](N(C)C)C2)c2oc(N3CC(O)C3)nc2c1C#N. The minimum atomic E-state index is -0.356. The minimum Gasteiger partial charge on any atom is -0.421 e. The maximum Gasteiger partial charge on any atom is 0.298 e. The first kappa shape index (κ1) is 19.9. The Balaban J connectivity index is 1.75. The van der Waals surface area contributed by atoms with Crippen LogP contribution >= 0.6 is 0 Å². The molecule has 2 saturated heterocycles. The summed E-state index contributed by atoms with van der Waals surface area (Å²) in [7, 11) is 4.24. The number of nitrogens with zero attached hydrogens (tertiary/aromatic N) is 5. The fourth-order valence-corrected chi connectivity index (χ4v) is 4.74. The average Bonchev–Trinajstić information content (AvgIpc) is 3.39. The van der Waals surface area contributed by atoms with Crippen molar-refractivity contribution in [3.05, 3.63) is 41.5 Å². The Bertz CT molecular complexity index is 1160. The highest BCUT2D eigenvalue weighted by atomic mass is 16.4. The number of hydrogen-bond donors (Lipinski definition) is 1. The molecule has 3 heterocycles. The summed E-state index contributed by atoms with van der Waals surface area (Å²) in [6.07, 6.45) is 0.715. The van der Waals surface area contributed by atoms with Crippen molar-refractivity contribution in [2.75, 3.05) is 50.1 Å². The Morgan fingerprint density at radius 2 is 1.90 bits per heavy atom. The topological polar surface area (TPSA) is 79.8 Å². The number of fused-ring (bicyclic) bond motifs is 1. The molecule has 0 radical (unpaired) electrons. The summed E-state index contributed by atoms with van der Waals surface area (Å²) < 4.78 is 6.32. The first-order chi connectivity index (χ1) is 15.0. The van der Waals surface area contributed by atoms with Crippen LogP contribution in [0.3, 0.4) is 0 Å². The van der Waals surface area contributed by atoms with Crippen LogP contribution in [-0.4, -0.2) is 67.4 Å². The van der Waals surface area contributed by atoms with Crippen LogP contribution in [0.15, 0.2) is 34.7 Å². The zero-order valence-corrected chi connectivity index (χ0v) is 18.2. The average molecular weight is 418 g/mol. The highest BCUT2D eigenvalue weighted by molar-refractivity contribution is 6.03. The van der Waals surface area contributed by atoms with E-state index in [9.17, 15) is 10.4 Å². The van der Waals surface area contributed by atoms with Gasteiger partial charge in [0, 0.05) is 24.7 Å². The van der Waals surface area contributed by atoms with Crippen LogP contribution < -0.4 is 9.80 Å². The summed E-state index contributed by atoms with van der Waals surface area (Å²) >= 11 is 0. The molecule has 5 rings (SSSR count). The third kappa shape index (κ3) is 3.23. The van der Waals surface area contributed by atoms with Gasteiger partial charge in [0.1, 0.15) is 11.6 Å². The third-order valence-electron chi connectivity index (χ3n) is 6.57. The molecule has 0 amide bonds. The summed E-state index contributed by atoms with van der Waals surface area (Å²) in [6.45, 7) is 4.82. The van der Waals surface area contributed by atoms with E-state index in [2.05, 4.69) is 42.1 Å². The van der Waals surface area contributed by atoms with Crippen LogP contribution in [0.5, 0.6) is 0 Å². The van der Waals surface area contributed by atoms with E-state index >= 15 is 0 Å². The van der Waals surface area contributed by atoms with E-state index in [0.717, 1.165) is 41.9 Å². The van der Waals surface area contributed by atoms with Crippen LogP contribution in [0.25, 0.3) is 22.2 Å². The molecule has 2 fully saturated rings. The molecule has 0 saturated carbocycles. The predicted octanol–water partition coefficient (Wildman–Crippen LogP) is 3.00. The molecule has 1 aromatic heterocycles. The molecular formula is C24H27N5O2. The van der Waals surface area contributed by atoms with Gasteiger partial charge in [0.25, 0.3) is 6.01 Å². The number of aliphatic hydroxyl groups excluding tert-OH is 1. The second-order valence-electron chi connectivity index (χ2n) is 8.79. The molecule has 2 aromatic carbocycles. The molecular weight excluding hydrogens is 390 g/mol. The van der Waals surface area contributed by atoms with Crippen molar-refractivity contribution < 1.29 is 9.52 Å². The quantitative estimate of drug-likeness (QED) is 0.699. The van der Waals surface area contributed by atoms with Crippen molar-refractivity contribution in [2.45, 2.75) is 25.5 Å². The molecule has 0 unspecified atom stereocenters. The molecule has 2 aliphatic heterocycles. The molecule has 2 aliphatic rings. The summed E-state index contributed by atoms with van der Waals surface area (Å²) in [5.74, 6) is 0. The van der Waals surface area contributed by atoms with Gasteiger partial charge in [-0.25, -0.2) is 0 Å². The number of aliphatic hydroxyl groups is 1. The number of likely N-dealkylation sites (N-methyl/N-ethyl adjacent to an activating group) is 1. The molecule has 160 valence electrons. The molecule has 7 heteroatoms. The van der Waals surface area contributed by atoms with Crippen molar-refractivity contribution in [1.82, 2.24) is 9.88 Å². The fraction of sp³-hybridized carbons (Fsp3) is 0.417. The second kappa shape index (κ2) is 7.56. The Morgan fingerprint density at radius 1 is 1.16 bits per heavy atom. The number of anilines is 2. The van der Waals surface area contributed by atoms with E-state index in [1.165, 1.54) is 0 Å². The summed E-state index contributed by atoms with van der Waals surface area (Å²) in [6, 6.07) is 13.5. The van der Waals surface area contributed by atoms with Gasteiger partial charge < -0.3 is 24.2 Å². The maximum absolute atomic E-state index is 10.0. The van der Waals surface area contributed by atoms with Gasteiger partial charge in [0.05, 0.1) is 30.4 Å². The van der Waals surface area contributed by atoms with Gasteiger partial charge in [-0.1, -0.05) is 30.3 Å². The van der Waals surface area contributed by atoms with Crippen molar-refractivity contribution in [2.24, 2.45) is 0 Å². The van der Waals surface area contributed by atoms with Crippen molar-refractivity contribution in [3.8, 4) is 17.2 Å². The van der Waals surface area contributed by atoms with Gasteiger partial charge in [-0.15, -0.1) is 0 Å². The summed E-state index contributed by atoms with van der Waals surface area (Å²) in [4.78, 5) is 11.3. The lowest BCUT2D eigenvalue weighted by molar-refractivity contribution is 0.137. The summed E-state index contributed by atoms with van der Waals surface area (Å²) in [5, 5.41) is 19.7. The van der Waals surface area contributed by atoms with Crippen molar-refractivity contribution >= 4 is 22.8 Å². The number of nitriles is 1. The van der Waals surface area contributed by atoms with E-state index < -0.39 is 0 Å². The lowest BCUT2D eigenvalue weighted by Gasteiger charge is -2.34. The summed E-state index contributed by atoms with van der Waals surface area (Å²) in [5.41, 5.74) is 5.87. The zero-order chi connectivity index (χ0) is 21.7. The largest absolute Gasteiger partial charge is 0.421 e. The van der Waals surface area contributed by atoms with Crippen LogP contribution in [0.1, 0.15) is 17.5 Å². The lowest BCUT2D eigenvalue weighted by atomic mass is 9.93. The van der Waals surface area contributed by atoms with Crippen LogP contribution in [-0.2, 0) is 0 Å². The standard InChI is InChI=1S/C24H27N5O2/c1-15-19(11-25)21-23(31-24(26-21)29-13-18(30)14-29)22(20(15)16-7-5-4-6-8-16)28-10-9-17(12-28)27(2)3/h4-8,17-18,30H,9-10,12-14H2,1-3H3/t17-/m0/s1. The van der Waals surface area contributed by atoms with Gasteiger partial charge in [0.2, 0.25) is 0 Å². The molecule has 7 nitrogen and oxygen atoms in total. The molecule has 0 bridgehead atoms. The highest BCUT2D eigenvalue weighted by Gasteiger charge is 2.34. The maximum atomic E-state index is 10.0. The Morgan fingerprint density at radius 3 is 2.52 bits per heavy atom. The van der Waals surface area contributed by atoms with Gasteiger partial charge in [-0.3, -0.25) is 0 Å². The van der Waals surface area contributed by atoms with Gasteiger partial charge in [-0.2, -0.15) is 10.2 Å². The first-order valence-corrected chi connectivity index (χ1v) is 10.7.